The van der Waals surface area contributed by atoms with Crippen LogP contribution in [0.15, 0.2) is 48.5 Å². The van der Waals surface area contributed by atoms with E-state index >= 15 is 0 Å². The third kappa shape index (κ3) is 9.78. The molecule has 4 N–H and O–H groups in total. The molecular weight excluding hydrogens is 476 g/mol. The molecule has 0 aliphatic carbocycles. The molecule has 2 atom stereocenters. The number of amides is 2. The van der Waals surface area contributed by atoms with Crippen LogP contribution in [0.2, 0.25) is 0 Å². The minimum atomic E-state index is -1.19. The van der Waals surface area contributed by atoms with E-state index in [9.17, 15) is 24.3 Å². The van der Waals surface area contributed by atoms with Gasteiger partial charge in [-0.3, -0.25) is 14.4 Å². The van der Waals surface area contributed by atoms with Gasteiger partial charge in [0.25, 0.3) is 5.91 Å². The molecule has 0 aromatic heterocycles. The molecule has 0 aliphatic heterocycles. The molecule has 37 heavy (non-hydrogen) atoms. The quantitative estimate of drug-likeness (QED) is 0.253. The van der Waals surface area contributed by atoms with Crippen LogP contribution in [0.4, 0.5) is 4.79 Å². The number of Topliss-reactive ketones (excluding diaryl/α,β-unsaturated/α-hetero) is 2. The molecule has 2 amide bonds. The Labute approximate surface area is 217 Å². The highest BCUT2D eigenvalue weighted by Gasteiger charge is 2.25. The molecule has 0 saturated heterocycles. The zero-order valence-corrected chi connectivity index (χ0v) is 21.7. The van der Waals surface area contributed by atoms with E-state index in [0.29, 0.717) is 36.9 Å². The van der Waals surface area contributed by atoms with E-state index in [-0.39, 0.29) is 5.78 Å². The number of ether oxygens (including phenoxy) is 1. The first-order valence-electron chi connectivity index (χ1n) is 12.2. The molecule has 0 aliphatic rings. The highest BCUT2D eigenvalue weighted by atomic mass is 16.6. The molecule has 200 valence electrons. The molecule has 9 nitrogen and oxygen atoms in total. The summed E-state index contributed by atoms with van der Waals surface area (Å²) in [7, 11) is 0. The second-order valence-electron chi connectivity index (χ2n) is 9.78. The molecule has 0 spiro atoms. The zero-order chi connectivity index (χ0) is 27.6. The predicted molar refractivity (Wildman–Crippen MR) is 139 cm³/mol. The van der Waals surface area contributed by atoms with Crippen LogP contribution >= 0.6 is 0 Å². The van der Waals surface area contributed by atoms with Gasteiger partial charge in [-0.15, -0.1) is 0 Å². The summed E-state index contributed by atoms with van der Waals surface area (Å²) in [5.41, 5.74) is 2.05. The van der Waals surface area contributed by atoms with Crippen LogP contribution in [-0.4, -0.2) is 64.7 Å². The van der Waals surface area contributed by atoms with E-state index in [2.05, 4.69) is 10.6 Å². The fraction of sp³-hybridized carbons (Fsp3) is 0.429. The second-order valence-corrected chi connectivity index (χ2v) is 9.78. The van der Waals surface area contributed by atoms with Gasteiger partial charge in [0.05, 0.1) is 6.10 Å². The van der Waals surface area contributed by atoms with Crippen LogP contribution in [0.25, 0.3) is 11.1 Å². The van der Waals surface area contributed by atoms with Gasteiger partial charge in [-0.25, -0.2) is 4.79 Å². The number of rotatable bonds is 12. The van der Waals surface area contributed by atoms with E-state index in [1.807, 2.05) is 12.1 Å². The largest absolute Gasteiger partial charge is 0.444 e. The first-order valence-corrected chi connectivity index (χ1v) is 12.2. The normalized spacial score (nSPS) is 12.8. The lowest BCUT2D eigenvalue weighted by molar-refractivity contribution is -0.125. The van der Waals surface area contributed by atoms with Gasteiger partial charge in [0.15, 0.2) is 11.6 Å². The molecule has 2 aromatic carbocycles. The lowest BCUT2D eigenvalue weighted by atomic mass is 9.99. The zero-order valence-electron chi connectivity index (χ0n) is 21.7. The van der Waals surface area contributed by atoms with Gasteiger partial charge < -0.3 is 25.6 Å². The minimum absolute atomic E-state index is 0.0147. The maximum Gasteiger partial charge on any atom is 0.407 e. The van der Waals surface area contributed by atoms with Gasteiger partial charge in [-0.05, 0) is 63.8 Å². The standard InChI is InChI=1S/C28H36N2O7/c1-18(32)25(24(34)17-31)30-26(35)22-14-10-20(11-15-22)19-8-12-21(13-9-19)23(33)7-5-6-16-29-27(36)37-28(2,3)4/h8-15,18,25,31-32H,5-7,16-17H2,1-4H3,(H,29,36)(H,30,35)/t18-,25+/m1/s1. The van der Waals surface area contributed by atoms with Gasteiger partial charge in [-0.1, -0.05) is 36.4 Å². The Hall–Kier alpha value is -3.56. The number of ketones is 2. The number of benzene rings is 2. The Balaban J connectivity index is 1.87. The van der Waals surface area contributed by atoms with Crippen molar-refractivity contribution in [3.05, 3.63) is 59.7 Å². The number of nitrogens with one attached hydrogen (secondary N) is 2. The van der Waals surface area contributed by atoms with Crippen LogP contribution in [0.5, 0.6) is 0 Å². The number of alkyl carbamates (subject to hydrolysis) is 1. The van der Waals surface area contributed by atoms with Gasteiger partial charge in [0.2, 0.25) is 0 Å². The van der Waals surface area contributed by atoms with Crippen molar-refractivity contribution in [2.24, 2.45) is 0 Å². The third-order valence-corrected chi connectivity index (χ3v) is 5.46. The first-order chi connectivity index (χ1) is 17.4. The number of hydrogen-bond donors (Lipinski definition) is 4. The molecule has 0 fully saturated rings. The van der Waals surface area contributed by atoms with Crippen molar-refractivity contribution >= 4 is 23.6 Å². The minimum Gasteiger partial charge on any atom is -0.444 e. The van der Waals surface area contributed by atoms with Crippen molar-refractivity contribution in [3.8, 4) is 11.1 Å². The molecule has 2 aromatic rings. The van der Waals surface area contributed by atoms with E-state index in [1.165, 1.54) is 6.92 Å². The Kier molecular flexibility index (Phi) is 11.0. The van der Waals surface area contributed by atoms with Crippen LogP contribution in [-0.2, 0) is 9.53 Å². The van der Waals surface area contributed by atoms with E-state index in [1.54, 1.807) is 57.2 Å². The average Bonchev–Trinajstić information content (AvgIpc) is 2.85. The van der Waals surface area contributed by atoms with Crippen molar-refractivity contribution in [2.75, 3.05) is 13.2 Å². The molecule has 0 heterocycles. The van der Waals surface area contributed by atoms with Crippen LogP contribution in [0, 0.1) is 0 Å². The van der Waals surface area contributed by atoms with Crippen molar-refractivity contribution in [1.82, 2.24) is 10.6 Å². The molecule has 0 radical (unpaired) electrons. The SMILES string of the molecule is C[C@@H](O)[C@H](NC(=O)c1ccc(-c2ccc(C(=O)CCCCNC(=O)OC(C)(C)C)cc2)cc1)C(=O)CO. The number of carbonyl (C=O) groups excluding carboxylic acids is 4. The van der Waals surface area contributed by atoms with E-state index < -0.39 is 42.1 Å². The summed E-state index contributed by atoms with van der Waals surface area (Å²) < 4.78 is 5.17. The van der Waals surface area contributed by atoms with Gasteiger partial charge in [0.1, 0.15) is 18.2 Å². The van der Waals surface area contributed by atoms with E-state index in [0.717, 1.165) is 11.1 Å². The predicted octanol–water partition coefficient (Wildman–Crippen LogP) is 3.27. The summed E-state index contributed by atoms with van der Waals surface area (Å²) >= 11 is 0. The molecule has 0 unspecified atom stereocenters. The number of carbonyl (C=O) groups is 4. The van der Waals surface area contributed by atoms with Crippen molar-refractivity contribution in [1.29, 1.82) is 0 Å². The third-order valence-electron chi connectivity index (χ3n) is 5.46. The molecule has 0 bridgehead atoms. The summed E-state index contributed by atoms with van der Waals surface area (Å²) in [5.74, 6) is -1.20. The fourth-order valence-electron chi connectivity index (χ4n) is 3.52. The van der Waals surface area contributed by atoms with Crippen LogP contribution in [0.3, 0.4) is 0 Å². The average molecular weight is 513 g/mol. The lowest BCUT2D eigenvalue weighted by Crippen LogP contribution is -2.48. The molecule has 0 saturated carbocycles. The maximum atomic E-state index is 12.5. The van der Waals surface area contributed by atoms with Crippen molar-refractivity contribution in [2.45, 2.75) is 64.7 Å². The number of aliphatic hydroxyl groups is 2. The summed E-state index contributed by atoms with van der Waals surface area (Å²) in [6, 6.07) is 12.7. The summed E-state index contributed by atoms with van der Waals surface area (Å²) in [5, 5.41) is 23.8. The van der Waals surface area contributed by atoms with Crippen molar-refractivity contribution < 1.29 is 34.1 Å². The molecular formula is C28H36N2O7. The van der Waals surface area contributed by atoms with Crippen molar-refractivity contribution in [3.63, 3.8) is 0 Å². The Morgan fingerprint density at radius 3 is 1.92 bits per heavy atom. The molecule has 9 heteroatoms. The highest BCUT2D eigenvalue weighted by Crippen LogP contribution is 2.21. The Bertz CT molecular complexity index is 1070. The second kappa shape index (κ2) is 13.7. The maximum absolute atomic E-state index is 12.5. The van der Waals surface area contributed by atoms with Crippen LogP contribution in [0.1, 0.15) is 67.7 Å². The van der Waals surface area contributed by atoms with Gasteiger partial charge >= 0.3 is 6.09 Å². The topological polar surface area (TPSA) is 142 Å². The van der Waals surface area contributed by atoms with E-state index in [4.69, 9.17) is 9.84 Å². The molecule has 2 rings (SSSR count). The Morgan fingerprint density at radius 1 is 0.892 bits per heavy atom. The smallest absolute Gasteiger partial charge is 0.407 e. The number of hydrogen-bond acceptors (Lipinski definition) is 7. The lowest BCUT2D eigenvalue weighted by Gasteiger charge is -2.19. The monoisotopic (exact) mass is 512 g/mol. The first kappa shape index (κ1) is 29.7. The summed E-state index contributed by atoms with van der Waals surface area (Å²) in [6.07, 6.45) is 0.0575. The highest BCUT2D eigenvalue weighted by molar-refractivity contribution is 5.99. The van der Waals surface area contributed by atoms with Gasteiger partial charge in [0, 0.05) is 24.1 Å². The fourth-order valence-corrected chi connectivity index (χ4v) is 3.52. The summed E-state index contributed by atoms with van der Waals surface area (Å²) in [6.45, 7) is 6.41. The Morgan fingerprint density at radius 2 is 1.43 bits per heavy atom. The number of unbranched alkanes of at least 4 members (excludes halogenated alkanes) is 1. The number of aliphatic hydroxyl groups excluding tert-OH is 2. The van der Waals surface area contributed by atoms with Gasteiger partial charge in [-0.2, -0.15) is 0 Å². The summed E-state index contributed by atoms with van der Waals surface area (Å²) in [4.78, 5) is 48.3. The van der Waals surface area contributed by atoms with Crippen LogP contribution < -0.4 is 10.6 Å².